The van der Waals surface area contributed by atoms with E-state index in [0.29, 0.717) is 0 Å². The van der Waals surface area contributed by atoms with E-state index in [9.17, 15) is 14.4 Å². The molecule has 0 radical (unpaired) electrons. The number of carboxylic acids is 1. The maximum atomic E-state index is 11.3. The Morgan fingerprint density at radius 2 is 2.20 bits per heavy atom. The Hall–Kier alpha value is -2.09. The van der Waals surface area contributed by atoms with Crippen molar-refractivity contribution in [2.75, 3.05) is 6.61 Å². The van der Waals surface area contributed by atoms with Gasteiger partial charge in [-0.15, -0.1) is 0 Å². The quantitative estimate of drug-likeness (QED) is 0.391. The molecule has 8 heteroatoms. The first-order chi connectivity index (χ1) is 7.04. The van der Waals surface area contributed by atoms with Gasteiger partial charge in [0.1, 0.15) is 5.69 Å². The molecule has 1 aromatic heterocycles. The summed E-state index contributed by atoms with van der Waals surface area (Å²) in [5.74, 6) is -2.14. The fourth-order valence-electron chi connectivity index (χ4n) is 0.876. The highest BCUT2D eigenvalue weighted by Gasteiger charge is 2.20. The lowest BCUT2D eigenvalue weighted by atomic mass is 10.3. The number of imidazole rings is 1. The monoisotopic (exact) mass is 215 g/mol. The Labute approximate surface area is 82.9 Å². The van der Waals surface area contributed by atoms with E-state index < -0.39 is 30.2 Å². The van der Waals surface area contributed by atoms with Crippen molar-refractivity contribution < 1.29 is 19.8 Å². The molecule has 0 unspecified atom stereocenters. The van der Waals surface area contributed by atoms with Crippen molar-refractivity contribution in [3.63, 3.8) is 0 Å². The van der Waals surface area contributed by atoms with E-state index in [1.807, 2.05) is 5.32 Å². The van der Waals surface area contributed by atoms with Gasteiger partial charge in [-0.1, -0.05) is 0 Å². The summed E-state index contributed by atoms with van der Waals surface area (Å²) in [4.78, 5) is 36.7. The first-order valence-electron chi connectivity index (χ1n) is 3.97. The Bertz CT molecular complexity index is 420. The van der Waals surface area contributed by atoms with Gasteiger partial charge in [0.25, 0.3) is 5.91 Å². The normalized spacial score (nSPS) is 12.1. The van der Waals surface area contributed by atoms with E-state index in [4.69, 9.17) is 10.2 Å². The number of carboxylic acid groups (broad SMARTS) is 1. The van der Waals surface area contributed by atoms with Crippen molar-refractivity contribution in [3.05, 3.63) is 22.4 Å². The van der Waals surface area contributed by atoms with Crippen LogP contribution in [0.3, 0.4) is 0 Å². The van der Waals surface area contributed by atoms with Crippen LogP contribution in [0.1, 0.15) is 10.5 Å². The van der Waals surface area contributed by atoms with Crippen LogP contribution in [0.15, 0.2) is 11.0 Å². The number of carbonyl (C=O) groups excluding carboxylic acids is 1. The van der Waals surface area contributed by atoms with Crippen molar-refractivity contribution >= 4 is 11.9 Å². The zero-order valence-electron chi connectivity index (χ0n) is 7.48. The molecule has 0 aliphatic carbocycles. The molecule has 0 saturated heterocycles. The smallest absolute Gasteiger partial charge is 0.328 e. The summed E-state index contributed by atoms with van der Waals surface area (Å²) in [7, 11) is 0. The maximum absolute atomic E-state index is 11.3. The van der Waals surface area contributed by atoms with Crippen LogP contribution in [0, 0.1) is 0 Å². The molecule has 1 rings (SSSR count). The molecule has 0 aliphatic rings. The molecule has 1 heterocycles. The Kier molecular flexibility index (Phi) is 3.24. The molecule has 8 nitrogen and oxygen atoms in total. The van der Waals surface area contributed by atoms with Gasteiger partial charge in [-0.25, -0.2) is 9.59 Å². The summed E-state index contributed by atoms with van der Waals surface area (Å²) in [6.07, 6.45) is 1.11. The number of amides is 1. The average Bonchev–Trinajstić information content (AvgIpc) is 2.60. The number of H-pyrrole nitrogens is 2. The van der Waals surface area contributed by atoms with Crippen LogP contribution in [0.5, 0.6) is 0 Å². The number of hydrogen-bond donors (Lipinski definition) is 5. The molecular formula is C7H9N3O5. The molecule has 0 saturated carbocycles. The number of aromatic nitrogens is 2. The molecule has 0 fully saturated rings. The first kappa shape index (κ1) is 11.0. The topological polar surface area (TPSA) is 135 Å². The van der Waals surface area contributed by atoms with E-state index in [-0.39, 0.29) is 5.69 Å². The summed E-state index contributed by atoms with van der Waals surface area (Å²) in [6.45, 7) is -0.726. The van der Waals surface area contributed by atoms with Crippen LogP contribution in [0.4, 0.5) is 0 Å². The summed E-state index contributed by atoms with van der Waals surface area (Å²) in [5, 5.41) is 19.2. The number of carbonyl (C=O) groups is 2. The van der Waals surface area contributed by atoms with Gasteiger partial charge < -0.3 is 25.5 Å². The minimum atomic E-state index is -1.39. The van der Waals surface area contributed by atoms with Gasteiger partial charge in [-0.3, -0.25) is 4.79 Å². The zero-order chi connectivity index (χ0) is 11.4. The van der Waals surface area contributed by atoms with Gasteiger partial charge in [0.05, 0.1) is 6.61 Å². The number of nitrogens with one attached hydrogen (secondary N) is 3. The fourth-order valence-corrected chi connectivity index (χ4v) is 0.876. The number of aliphatic carboxylic acids is 1. The highest BCUT2D eigenvalue weighted by molar-refractivity contribution is 5.94. The molecule has 82 valence electrons. The van der Waals surface area contributed by atoms with Gasteiger partial charge in [0.2, 0.25) is 0 Å². The minimum absolute atomic E-state index is 0.0975. The van der Waals surface area contributed by atoms with Crippen LogP contribution in [0.25, 0.3) is 0 Å². The van der Waals surface area contributed by atoms with Crippen molar-refractivity contribution in [1.29, 1.82) is 0 Å². The molecule has 0 aliphatic heterocycles. The lowest BCUT2D eigenvalue weighted by Crippen LogP contribution is -2.43. The lowest BCUT2D eigenvalue weighted by molar-refractivity contribution is -0.140. The largest absolute Gasteiger partial charge is 0.480 e. The second kappa shape index (κ2) is 4.42. The van der Waals surface area contributed by atoms with Crippen LogP contribution < -0.4 is 11.0 Å². The average molecular weight is 215 g/mol. The molecule has 0 bridgehead atoms. The predicted molar refractivity (Wildman–Crippen MR) is 47.4 cm³/mol. The molecule has 0 spiro atoms. The highest BCUT2D eigenvalue weighted by atomic mass is 16.4. The summed E-state index contributed by atoms with van der Waals surface area (Å²) in [5.41, 5.74) is -0.671. The molecular weight excluding hydrogens is 206 g/mol. The van der Waals surface area contributed by atoms with Crippen molar-refractivity contribution in [2.45, 2.75) is 6.04 Å². The molecule has 1 aromatic rings. The van der Waals surface area contributed by atoms with E-state index in [2.05, 4.69) is 9.97 Å². The molecule has 5 N–H and O–H groups in total. The van der Waals surface area contributed by atoms with Crippen LogP contribution >= 0.6 is 0 Å². The van der Waals surface area contributed by atoms with E-state index in [0.717, 1.165) is 6.20 Å². The number of aliphatic hydroxyl groups excluding tert-OH is 1. The number of aliphatic hydroxyl groups is 1. The number of aromatic amines is 2. The molecule has 1 amide bonds. The number of hydrogen-bond acceptors (Lipinski definition) is 4. The van der Waals surface area contributed by atoms with Crippen LogP contribution in [0.2, 0.25) is 0 Å². The number of rotatable bonds is 4. The molecule has 0 aromatic carbocycles. The molecule has 15 heavy (non-hydrogen) atoms. The Morgan fingerprint density at radius 3 is 2.60 bits per heavy atom. The van der Waals surface area contributed by atoms with Crippen molar-refractivity contribution in [1.82, 2.24) is 15.3 Å². The zero-order valence-corrected chi connectivity index (χ0v) is 7.48. The van der Waals surface area contributed by atoms with Gasteiger partial charge in [-0.2, -0.15) is 0 Å². The third-order valence-electron chi connectivity index (χ3n) is 1.63. The third-order valence-corrected chi connectivity index (χ3v) is 1.63. The summed E-state index contributed by atoms with van der Waals surface area (Å²) >= 11 is 0. The SMILES string of the molecule is O=C(N[C@H](CO)C(=O)O)c1c[nH]c(=O)[nH]1. The summed E-state index contributed by atoms with van der Waals surface area (Å²) < 4.78 is 0. The highest BCUT2D eigenvalue weighted by Crippen LogP contribution is 1.90. The van der Waals surface area contributed by atoms with E-state index in [1.165, 1.54) is 0 Å². The minimum Gasteiger partial charge on any atom is -0.480 e. The second-order valence-electron chi connectivity index (χ2n) is 2.70. The van der Waals surface area contributed by atoms with Crippen molar-refractivity contribution in [2.24, 2.45) is 0 Å². The van der Waals surface area contributed by atoms with Crippen LogP contribution in [-0.4, -0.2) is 44.7 Å². The lowest BCUT2D eigenvalue weighted by Gasteiger charge is -2.09. The summed E-state index contributed by atoms with van der Waals surface area (Å²) in [6, 6.07) is -1.39. The molecule has 1 atom stereocenters. The van der Waals surface area contributed by atoms with E-state index in [1.54, 1.807) is 0 Å². The van der Waals surface area contributed by atoms with Crippen LogP contribution in [-0.2, 0) is 4.79 Å². The maximum Gasteiger partial charge on any atom is 0.328 e. The fraction of sp³-hybridized carbons (Fsp3) is 0.286. The predicted octanol–water partition coefficient (Wildman–Crippen LogP) is -2.12. The van der Waals surface area contributed by atoms with Gasteiger partial charge in [0, 0.05) is 6.20 Å². The van der Waals surface area contributed by atoms with Gasteiger partial charge in [-0.05, 0) is 0 Å². The van der Waals surface area contributed by atoms with Crippen molar-refractivity contribution in [3.8, 4) is 0 Å². The second-order valence-corrected chi connectivity index (χ2v) is 2.70. The standard InChI is InChI=1S/C7H9N3O5/c11-2-4(6(13)14)9-5(12)3-1-8-7(15)10-3/h1,4,11H,2H2,(H,9,12)(H,13,14)(H2,8,10,15)/t4-/m1/s1. The van der Waals surface area contributed by atoms with Gasteiger partial charge >= 0.3 is 11.7 Å². The first-order valence-corrected chi connectivity index (χ1v) is 3.97. The Morgan fingerprint density at radius 1 is 1.53 bits per heavy atom. The third kappa shape index (κ3) is 2.68. The van der Waals surface area contributed by atoms with E-state index >= 15 is 0 Å². The Balaban J connectivity index is 2.70. The van der Waals surface area contributed by atoms with Gasteiger partial charge in [0.15, 0.2) is 6.04 Å².